The SMILES string of the molecule is Cc1ccc(-c2ccnc(C)n2)c(C)c1. The van der Waals surface area contributed by atoms with Gasteiger partial charge in [-0.25, -0.2) is 9.97 Å². The van der Waals surface area contributed by atoms with Gasteiger partial charge in [-0.15, -0.1) is 0 Å². The topological polar surface area (TPSA) is 25.8 Å². The summed E-state index contributed by atoms with van der Waals surface area (Å²) in [6.45, 7) is 6.12. The maximum atomic E-state index is 4.42. The minimum atomic E-state index is 0.812. The van der Waals surface area contributed by atoms with E-state index in [1.165, 1.54) is 16.7 Å². The number of nitrogens with zero attached hydrogens (tertiary/aromatic N) is 2. The molecule has 1 heterocycles. The molecule has 0 amide bonds. The highest BCUT2D eigenvalue weighted by Crippen LogP contribution is 2.21. The predicted molar refractivity (Wildman–Crippen MR) is 61.7 cm³/mol. The number of aryl methyl sites for hydroxylation is 3. The maximum absolute atomic E-state index is 4.42. The zero-order chi connectivity index (χ0) is 10.8. The lowest BCUT2D eigenvalue weighted by molar-refractivity contribution is 1.06. The van der Waals surface area contributed by atoms with Crippen LogP contribution in [-0.4, -0.2) is 9.97 Å². The molecule has 76 valence electrons. The van der Waals surface area contributed by atoms with Crippen LogP contribution in [0.1, 0.15) is 17.0 Å². The van der Waals surface area contributed by atoms with E-state index >= 15 is 0 Å². The van der Waals surface area contributed by atoms with Crippen LogP contribution < -0.4 is 0 Å². The van der Waals surface area contributed by atoms with E-state index in [1.807, 2.05) is 13.0 Å². The Balaban J connectivity index is 2.54. The summed E-state index contributed by atoms with van der Waals surface area (Å²) in [6, 6.07) is 8.35. The molecule has 0 radical (unpaired) electrons. The van der Waals surface area contributed by atoms with Crippen LogP contribution >= 0.6 is 0 Å². The van der Waals surface area contributed by atoms with Crippen molar-refractivity contribution < 1.29 is 0 Å². The summed E-state index contributed by atoms with van der Waals surface area (Å²) in [5, 5.41) is 0. The minimum absolute atomic E-state index is 0.812. The first-order valence-electron chi connectivity index (χ1n) is 5.04. The number of hydrogen-bond donors (Lipinski definition) is 0. The van der Waals surface area contributed by atoms with Crippen molar-refractivity contribution in [2.24, 2.45) is 0 Å². The van der Waals surface area contributed by atoms with Gasteiger partial charge < -0.3 is 0 Å². The molecule has 0 atom stereocenters. The van der Waals surface area contributed by atoms with E-state index in [-0.39, 0.29) is 0 Å². The highest BCUT2D eigenvalue weighted by molar-refractivity contribution is 5.63. The first-order valence-corrected chi connectivity index (χ1v) is 5.04. The molecule has 0 spiro atoms. The summed E-state index contributed by atoms with van der Waals surface area (Å²) < 4.78 is 0. The van der Waals surface area contributed by atoms with Gasteiger partial charge in [0.15, 0.2) is 0 Å². The molecular weight excluding hydrogens is 184 g/mol. The quantitative estimate of drug-likeness (QED) is 0.703. The van der Waals surface area contributed by atoms with Crippen molar-refractivity contribution in [2.75, 3.05) is 0 Å². The number of rotatable bonds is 1. The third kappa shape index (κ3) is 2.04. The minimum Gasteiger partial charge on any atom is -0.242 e. The summed E-state index contributed by atoms with van der Waals surface area (Å²) in [4.78, 5) is 8.52. The van der Waals surface area contributed by atoms with Crippen molar-refractivity contribution in [1.82, 2.24) is 9.97 Å². The molecule has 0 saturated carbocycles. The van der Waals surface area contributed by atoms with Crippen LogP contribution in [0, 0.1) is 20.8 Å². The average molecular weight is 198 g/mol. The molecule has 0 aliphatic carbocycles. The second-order valence-electron chi connectivity index (χ2n) is 3.81. The molecule has 0 aliphatic rings. The molecule has 0 fully saturated rings. The fraction of sp³-hybridized carbons (Fsp3) is 0.231. The van der Waals surface area contributed by atoms with Crippen LogP contribution in [-0.2, 0) is 0 Å². The van der Waals surface area contributed by atoms with Gasteiger partial charge in [-0.1, -0.05) is 23.8 Å². The van der Waals surface area contributed by atoms with Crippen molar-refractivity contribution in [3.05, 3.63) is 47.4 Å². The van der Waals surface area contributed by atoms with Gasteiger partial charge in [0, 0.05) is 11.8 Å². The summed E-state index contributed by atoms with van der Waals surface area (Å²) >= 11 is 0. The van der Waals surface area contributed by atoms with Gasteiger partial charge >= 0.3 is 0 Å². The summed E-state index contributed by atoms with van der Waals surface area (Å²) in [7, 11) is 0. The van der Waals surface area contributed by atoms with E-state index in [0.717, 1.165) is 11.5 Å². The van der Waals surface area contributed by atoms with Crippen LogP contribution in [0.3, 0.4) is 0 Å². The molecule has 1 aromatic heterocycles. The van der Waals surface area contributed by atoms with E-state index in [1.54, 1.807) is 6.20 Å². The molecule has 0 saturated heterocycles. The average Bonchev–Trinajstić information content (AvgIpc) is 2.17. The van der Waals surface area contributed by atoms with Crippen LogP contribution in [0.2, 0.25) is 0 Å². The van der Waals surface area contributed by atoms with Gasteiger partial charge in [0.1, 0.15) is 5.82 Å². The lowest BCUT2D eigenvalue weighted by atomic mass is 10.0. The Morgan fingerprint density at radius 2 is 1.80 bits per heavy atom. The normalized spacial score (nSPS) is 10.3. The van der Waals surface area contributed by atoms with Crippen molar-refractivity contribution in [3.63, 3.8) is 0 Å². The molecule has 1 aromatic carbocycles. The van der Waals surface area contributed by atoms with Gasteiger partial charge in [0.2, 0.25) is 0 Å². The first-order chi connectivity index (χ1) is 7.16. The lowest BCUT2D eigenvalue weighted by Crippen LogP contribution is -1.92. The molecule has 2 heteroatoms. The van der Waals surface area contributed by atoms with Crippen molar-refractivity contribution in [2.45, 2.75) is 20.8 Å². The second kappa shape index (κ2) is 3.81. The first kappa shape index (κ1) is 9.84. The Hall–Kier alpha value is -1.70. The van der Waals surface area contributed by atoms with Crippen LogP contribution in [0.4, 0.5) is 0 Å². The number of aromatic nitrogens is 2. The van der Waals surface area contributed by atoms with Gasteiger partial charge in [0.05, 0.1) is 5.69 Å². The van der Waals surface area contributed by atoms with Crippen LogP contribution in [0.15, 0.2) is 30.5 Å². The van der Waals surface area contributed by atoms with Gasteiger partial charge in [0.25, 0.3) is 0 Å². The third-order valence-electron chi connectivity index (χ3n) is 2.43. The third-order valence-corrected chi connectivity index (χ3v) is 2.43. The second-order valence-corrected chi connectivity index (χ2v) is 3.81. The standard InChI is InChI=1S/C13H14N2/c1-9-4-5-12(10(2)8-9)13-6-7-14-11(3)15-13/h4-8H,1-3H3. The van der Waals surface area contributed by atoms with Crippen LogP contribution in [0.25, 0.3) is 11.3 Å². The smallest absolute Gasteiger partial charge is 0.125 e. The van der Waals surface area contributed by atoms with Gasteiger partial charge in [-0.05, 0) is 32.4 Å². The van der Waals surface area contributed by atoms with E-state index in [9.17, 15) is 0 Å². The van der Waals surface area contributed by atoms with Crippen molar-refractivity contribution >= 4 is 0 Å². The summed E-state index contributed by atoms with van der Waals surface area (Å²) in [6.07, 6.45) is 1.80. The summed E-state index contributed by atoms with van der Waals surface area (Å²) in [5.41, 5.74) is 4.72. The summed E-state index contributed by atoms with van der Waals surface area (Å²) in [5.74, 6) is 0.812. The van der Waals surface area contributed by atoms with E-state index in [0.29, 0.717) is 0 Å². The van der Waals surface area contributed by atoms with Crippen LogP contribution in [0.5, 0.6) is 0 Å². The molecule has 2 nitrogen and oxygen atoms in total. The largest absolute Gasteiger partial charge is 0.242 e. The Labute approximate surface area is 90.0 Å². The fourth-order valence-corrected chi connectivity index (χ4v) is 1.71. The fourth-order valence-electron chi connectivity index (χ4n) is 1.71. The number of benzene rings is 1. The Morgan fingerprint density at radius 1 is 1.00 bits per heavy atom. The predicted octanol–water partition coefficient (Wildman–Crippen LogP) is 3.07. The van der Waals surface area contributed by atoms with E-state index in [2.05, 4.69) is 42.0 Å². The van der Waals surface area contributed by atoms with Crippen molar-refractivity contribution in [1.29, 1.82) is 0 Å². The molecule has 0 N–H and O–H groups in total. The number of hydrogen-bond acceptors (Lipinski definition) is 2. The lowest BCUT2D eigenvalue weighted by Gasteiger charge is -2.06. The Morgan fingerprint density at radius 3 is 2.47 bits per heavy atom. The highest BCUT2D eigenvalue weighted by atomic mass is 14.9. The van der Waals surface area contributed by atoms with E-state index in [4.69, 9.17) is 0 Å². The molecule has 2 rings (SSSR count). The molecule has 0 unspecified atom stereocenters. The monoisotopic (exact) mass is 198 g/mol. The molecule has 2 aromatic rings. The zero-order valence-corrected chi connectivity index (χ0v) is 9.28. The Bertz CT molecular complexity index is 490. The van der Waals surface area contributed by atoms with Crippen molar-refractivity contribution in [3.8, 4) is 11.3 Å². The van der Waals surface area contributed by atoms with Gasteiger partial charge in [-0.2, -0.15) is 0 Å². The van der Waals surface area contributed by atoms with Gasteiger partial charge in [-0.3, -0.25) is 0 Å². The Kier molecular flexibility index (Phi) is 2.50. The molecule has 0 bridgehead atoms. The molecule has 0 aliphatic heterocycles. The van der Waals surface area contributed by atoms with E-state index < -0.39 is 0 Å². The molecular formula is C13H14N2. The maximum Gasteiger partial charge on any atom is 0.125 e. The zero-order valence-electron chi connectivity index (χ0n) is 9.28. The molecule has 15 heavy (non-hydrogen) atoms. The highest BCUT2D eigenvalue weighted by Gasteiger charge is 2.03.